The van der Waals surface area contributed by atoms with Gasteiger partial charge in [-0.25, -0.2) is 9.78 Å². The van der Waals surface area contributed by atoms with Crippen LogP contribution in [0, 0.1) is 18.3 Å². The molecule has 120 valence electrons. The highest BCUT2D eigenvalue weighted by atomic mass is 19.4. The number of aryl methyl sites for hydroxylation is 1. The molecule has 0 fully saturated rings. The molecular formula is C13H14F3N3O3. The van der Waals surface area contributed by atoms with Gasteiger partial charge < -0.3 is 14.7 Å². The molecule has 0 bridgehead atoms. The fourth-order valence-electron chi connectivity index (χ4n) is 1.54. The summed E-state index contributed by atoms with van der Waals surface area (Å²) >= 11 is 0. The summed E-state index contributed by atoms with van der Waals surface area (Å²) in [6.07, 6.45) is -8.91. The Morgan fingerprint density at radius 3 is 2.68 bits per heavy atom. The Balaban J connectivity index is 2.94. The standard InChI is InChI=1S/C13H14F3N3O3/c1-8-3-4-9(7-17)11(18-8)22-10(13(14,15)16)5-6-19(2)12(20)21/h3-4,10H,5-6H2,1-2H3,(H,20,21). The molecule has 1 aromatic rings. The maximum atomic E-state index is 13.0. The van der Waals surface area contributed by atoms with Crippen molar-refractivity contribution in [2.24, 2.45) is 0 Å². The van der Waals surface area contributed by atoms with E-state index in [1.807, 2.05) is 0 Å². The van der Waals surface area contributed by atoms with Crippen molar-refractivity contribution < 1.29 is 27.8 Å². The average Bonchev–Trinajstić information content (AvgIpc) is 2.41. The lowest BCUT2D eigenvalue weighted by atomic mass is 10.2. The Hall–Kier alpha value is -2.50. The number of rotatable bonds is 5. The van der Waals surface area contributed by atoms with Crippen molar-refractivity contribution in [1.82, 2.24) is 9.88 Å². The van der Waals surface area contributed by atoms with E-state index in [0.717, 1.165) is 11.9 Å². The van der Waals surface area contributed by atoms with Crippen LogP contribution in [-0.4, -0.2) is 47.0 Å². The number of halogens is 3. The number of carbonyl (C=O) groups is 1. The zero-order valence-electron chi connectivity index (χ0n) is 11.9. The van der Waals surface area contributed by atoms with Crippen LogP contribution in [0.25, 0.3) is 0 Å². The first-order valence-electron chi connectivity index (χ1n) is 6.20. The number of nitriles is 1. The lowest BCUT2D eigenvalue weighted by Crippen LogP contribution is -2.39. The molecule has 0 aliphatic carbocycles. The third-order valence-electron chi connectivity index (χ3n) is 2.79. The molecule has 0 spiro atoms. The van der Waals surface area contributed by atoms with E-state index in [1.54, 1.807) is 13.0 Å². The molecule has 6 nitrogen and oxygen atoms in total. The third-order valence-corrected chi connectivity index (χ3v) is 2.79. The first-order chi connectivity index (χ1) is 10.1. The van der Waals surface area contributed by atoms with Gasteiger partial charge in [0.05, 0.1) is 0 Å². The van der Waals surface area contributed by atoms with Gasteiger partial charge in [0.25, 0.3) is 0 Å². The molecule has 22 heavy (non-hydrogen) atoms. The lowest BCUT2D eigenvalue weighted by Gasteiger charge is -2.23. The smallest absolute Gasteiger partial charge is 0.425 e. The highest BCUT2D eigenvalue weighted by Crippen LogP contribution is 2.28. The first kappa shape index (κ1) is 17.6. The molecule has 0 saturated carbocycles. The van der Waals surface area contributed by atoms with E-state index in [2.05, 4.69) is 4.98 Å². The summed E-state index contributed by atoms with van der Waals surface area (Å²) in [4.78, 5) is 15.1. The Labute approximate surface area is 124 Å². The van der Waals surface area contributed by atoms with Gasteiger partial charge in [-0.2, -0.15) is 18.4 Å². The normalized spacial score (nSPS) is 12.4. The maximum Gasteiger partial charge on any atom is 0.425 e. The molecule has 1 amide bonds. The van der Waals surface area contributed by atoms with Crippen LogP contribution in [0.4, 0.5) is 18.0 Å². The molecule has 1 rings (SSSR count). The second-order valence-corrected chi connectivity index (χ2v) is 4.56. The van der Waals surface area contributed by atoms with Crippen molar-refractivity contribution in [3.05, 3.63) is 23.4 Å². The highest BCUT2D eigenvalue weighted by Gasteiger charge is 2.42. The molecular weight excluding hydrogens is 303 g/mol. The fourth-order valence-corrected chi connectivity index (χ4v) is 1.54. The van der Waals surface area contributed by atoms with Gasteiger partial charge in [-0.1, -0.05) is 0 Å². The Morgan fingerprint density at radius 1 is 1.55 bits per heavy atom. The van der Waals surface area contributed by atoms with Gasteiger partial charge >= 0.3 is 12.3 Å². The van der Waals surface area contributed by atoms with E-state index >= 15 is 0 Å². The van der Waals surface area contributed by atoms with Crippen molar-refractivity contribution in [3.8, 4) is 11.9 Å². The van der Waals surface area contributed by atoms with Crippen molar-refractivity contribution in [2.45, 2.75) is 25.6 Å². The van der Waals surface area contributed by atoms with Crippen LogP contribution in [0.5, 0.6) is 5.88 Å². The van der Waals surface area contributed by atoms with Gasteiger partial charge in [0.2, 0.25) is 5.88 Å². The highest BCUT2D eigenvalue weighted by molar-refractivity contribution is 5.64. The molecule has 0 aliphatic rings. The molecule has 0 aromatic carbocycles. The number of amides is 1. The summed E-state index contributed by atoms with van der Waals surface area (Å²) in [6.45, 7) is 1.18. The zero-order chi connectivity index (χ0) is 16.9. The number of hydrogen-bond donors (Lipinski definition) is 1. The van der Waals surface area contributed by atoms with Crippen molar-refractivity contribution in [3.63, 3.8) is 0 Å². The van der Waals surface area contributed by atoms with Crippen LogP contribution in [-0.2, 0) is 0 Å². The Kier molecular flexibility index (Phi) is 5.56. The van der Waals surface area contributed by atoms with E-state index < -0.39 is 30.7 Å². The van der Waals surface area contributed by atoms with Gasteiger partial charge in [0, 0.05) is 25.7 Å². The minimum Gasteiger partial charge on any atom is -0.465 e. The van der Waals surface area contributed by atoms with E-state index in [-0.39, 0.29) is 12.1 Å². The zero-order valence-corrected chi connectivity index (χ0v) is 11.9. The van der Waals surface area contributed by atoms with Crippen LogP contribution >= 0.6 is 0 Å². The molecule has 0 aliphatic heterocycles. The second-order valence-electron chi connectivity index (χ2n) is 4.56. The number of nitrogens with zero attached hydrogens (tertiary/aromatic N) is 3. The van der Waals surface area contributed by atoms with Crippen molar-refractivity contribution >= 4 is 6.09 Å². The maximum absolute atomic E-state index is 13.0. The summed E-state index contributed by atoms with van der Waals surface area (Å²) < 4.78 is 43.8. The van der Waals surface area contributed by atoms with Crippen LogP contribution in [0.3, 0.4) is 0 Å². The van der Waals surface area contributed by atoms with E-state index in [9.17, 15) is 18.0 Å². The van der Waals surface area contributed by atoms with E-state index in [0.29, 0.717) is 5.69 Å². The van der Waals surface area contributed by atoms with Gasteiger partial charge in [-0.15, -0.1) is 0 Å². The molecule has 0 radical (unpaired) electrons. The van der Waals surface area contributed by atoms with Crippen LogP contribution in [0.2, 0.25) is 0 Å². The minimum absolute atomic E-state index is 0.119. The minimum atomic E-state index is -4.71. The van der Waals surface area contributed by atoms with Crippen LogP contribution in [0.1, 0.15) is 17.7 Å². The fraction of sp³-hybridized carbons (Fsp3) is 0.462. The van der Waals surface area contributed by atoms with E-state index in [4.69, 9.17) is 15.1 Å². The van der Waals surface area contributed by atoms with Crippen molar-refractivity contribution in [1.29, 1.82) is 5.26 Å². The number of pyridine rings is 1. The van der Waals surface area contributed by atoms with Gasteiger partial charge in [0.1, 0.15) is 11.6 Å². The SMILES string of the molecule is Cc1ccc(C#N)c(OC(CCN(C)C(=O)O)C(F)(F)F)n1. The molecule has 0 saturated heterocycles. The number of aromatic nitrogens is 1. The van der Waals surface area contributed by atoms with Crippen LogP contribution in [0.15, 0.2) is 12.1 Å². The first-order valence-corrected chi connectivity index (χ1v) is 6.20. The van der Waals surface area contributed by atoms with Crippen LogP contribution < -0.4 is 4.74 Å². The topological polar surface area (TPSA) is 86.5 Å². The summed E-state index contributed by atoms with van der Waals surface area (Å²) in [5.74, 6) is -0.414. The number of alkyl halides is 3. The third kappa shape index (κ3) is 4.80. The monoisotopic (exact) mass is 317 g/mol. The summed E-state index contributed by atoms with van der Waals surface area (Å²) in [5.41, 5.74) is 0.281. The molecule has 1 aromatic heterocycles. The summed E-state index contributed by atoms with van der Waals surface area (Å²) in [6, 6.07) is 4.50. The summed E-state index contributed by atoms with van der Waals surface area (Å²) in [7, 11) is 1.15. The second kappa shape index (κ2) is 6.98. The lowest BCUT2D eigenvalue weighted by molar-refractivity contribution is -0.198. The molecule has 1 heterocycles. The van der Waals surface area contributed by atoms with E-state index in [1.165, 1.54) is 12.1 Å². The Bertz CT molecular complexity index is 584. The molecule has 1 unspecified atom stereocenters. The van der Waals surface area contributed by atoms with Gasteiger partial charge in [0.15, 0.2) is 6.10 Å². The number of hydrogen-bond acceptors (Lipinski definition) is 4. The van der Waals surface area contributed by atoms with Gasteiger partial charge in [-0.05, 0) is 19.1 Å². The molecule has 1 N–H and O–H groups in total. The predicted octanol–water partition coefficient (Wildman–Crippen LogP) is 2.57. The quantitative estimate of drug-likeness (QED) is 0.902. The molecule has 1 atom stereocenters. The largest absolute Gasteiger partial charge is 0.465 e. The summed E-state index contributed by atoms with van der Waals surface area (Å²) in [5, 5.41) is 17.5. The molecule has 9 heteroatoms. The average molecular weight is 317 g/mol. The van der Waals surface area contributed by atoms with Crippen molar-refractivity contribution in [2.75, 3.05) is 13.6 Å². The Morgan fingerprint density at radius 2 is 2.18 bits per heavy atom. The van der Waals surface area contributed by atoms with Gasteiger partial charge in [-0.3, -0.25) is 0 Å². The predicted molar refractivity (Wildman–Crippen MR) is 69.4 cm³/mol. The number of ether oxygens (including phenoxy) is 1. The number of carboxylic acid groups (broad SMARTS) is 1.